The van der Waals surface area contributed by atoms with Crippen molar-refractivity contribution >= 4 is 28.9 Å². The van der Waals surface area contributed by atoms with Gasteiger partial charge >= 0.3 is 0 Å². The molecule has 0 bridgehead atoms. The third kappa shape index (κ3) is 3.80. The Labute approximate surface area is 113 Å². The van der Waals surface area contributed by atoms with Crippen LogP contribution in [0.25, 0.3) is 0 Å². The molecule has 1 rings (SSSR count). The third-order valence-electron chi connectivity index (χ3n) is 2.56. The predicted molar refractivity (Wildman–Crippen MR) is 73.7 cm³/mol. The van der Waals surface area contributed by atoms with Crippen LogP contribution in [0.5, 0.6) is 0 Å². The fourth-order valence-corrected chi connectivity index (χ4v) is 2.17. The average Bonchev–Trinajstić information content (AvgIpc) is 2.30. The number of halogens is 2. The van der Waals surface area contributed by atoms with Crippen LogP contribution < -0.4 is 4.90 Å². The summed E-state index contributed by atoms with van der Waals surface area (Å²) in [6.07, 6.45) is 0.492. The molecule has 0 saturated carbocycles. The molecule has 0 unspecified atom stereocenters. The van der Waals surface area contributed by atoms with E-state index in [4.69, 9.17) is 28.5 Å². The van der Waals surface area contributed by atoms with E-state index in [2.05, 4.69) is 24.8 Å². The van der Waals surface area contributed by atoms with Gasteiger partial charge in [-0.05, 0) is 31.5 Å². The Morgan fingerprint density at radius 3 is 2.59 bits per heavy atom. The average molecular weight is 271 g/mol. The fraction of sp³-hybridized carbons (Fsp3) is 0.462. The van der Waals surface area contributed by atoms with Crippen LogP contribution in [0.15, 0.2) is 18.2 Å². The van der Waals surface area contributed by atoms with Crippen molar-refractivity contribution in [1.29, 1.82) is 5.26 Å². The van der Waals surface area contributed by atoms with E-state index < -0.39 is 0 Å². The van der Waals surface area contributed by atoms with Gasteiger partial charge in [0.15, 0.2) is 0 Å². The lowest BCUT2D eigenvalue weighted by Gasteiger charge is -2.29. The molecule has 92 valence electrons. The highest BCUT2D eigenvalue weighted by molar-refractivity contribution is 6.33. The molecule has 1 aromatic carbocycles. The Balaban J connectivity index is 2.98. The molecular weight excluding hydrogens is 255 g/mol. The van der Waals surface area contributed by atoms with Gasteiger partial charge in [-0.1, -0.05) is 17.7 Å². The maximum absolute atomic E-state index is 8.67. The summed E-state index contributed by atoms with van der Waals surface area (Å²) in [5, 5.41) is 9.36. The number of nitriles is 1. The van der Waals surface area contributed by atoms with Crippen molar-refractivity contribution in [3.8, 4) is 6.07 Å². The molecule has 0 aliphatic rings. The van der Waals surface area contributed by atoms with Crippen LogP contribution >= 0.6 is 23.2 Å². The topological polar surface area (TPSA) is 27.0 Å². The standard InChI is InChI=1S/C13H16Cl2N2/c1-10(2)17(7-3-6-16)13-5-4-11(9-14)8-12(13)15/h4-5,8,10H,3,7,9H2,1-2H3. The lowest BCUT2D eigenvalue weighted by atomic mass is 10.2. The SMILES string of the molecule is CC(C)N(CCC#N)c1ccc(CCl)cc1Cl. The van der Waals surface area contributed by atoms with Crippen molar-refractivity contribution in [2.75, 3.05) is 11.4 Å². The van der Waals surface area contributed by atoms with Gasteiger partial charge in [0.25, 0.3) is 0 Å². The van der Waals surface area contributed by atoms with Crippen LogP contribution in [0.1, 0.15) is 25.8 Å². The molecule has 0 aromatic heterocycles. The number of hydrogen-bond donors (Lipinski definition) is 0. The molecule has 0 saturated heterocycles. The molecule has 0 radical (unpaired) electrons. The molecule has 0 heterocycles. The van der Waals surface area contributed by atoms with Crippen molar-refractivity contribution in [1.82, 2.24) is 0 Å². The zero-order valence-electron chi connectivity index (χ0n) is 10.1. The van der Waals surface area contributed by atoms with E-state index in [1.807, 2.05) is 18.2 Å². The highest BCUT2D eigenvalue weighted by Crippen LogP contribution is 2.29. The van der Waals surface area contributed by atoms with Gasteiger partial charge in [-0.25, -0.2) is 0 Å². The van der Waals surface area contributed by atoms with Gasteiger partial charge in [0, 0.05) is 18.5 Å². The summed E-state index contributed by atoms with van der Waals surface area (Å²) in [5.41, 5.74) is 1.97. The zero-order chi connectivity index (χ0) is 12.8. The van der Waals surface area contributed by atoms with Crippen molar-refractivity contribution in [3.63, 3.8) is 0 Å². The molecule has 0 amide bonds. The molecule has 0 N–H and O–H groups in total. The summed E-state index contributed by atoms with van der Waals surface area (Å²) in [5.74, 6) is 0.458. The molecular formula is C13H16Cl2N2. The van der Waals surface area contributed by atoms with Crippen molar-refractivity contribution in [2.45, 2.75) is 32.2 Å². The summed E-state index contributed by atoms with van der Waals surface area (Å²) in [7, 11) is 0. The summed E-state index contributed by atoms with van der Waals surface area (Å²) in [4.78, 5) is 2.13. The van der Waals surface area contributed by atoms with Crippen molar-refractivity contribution in [2.24, 2.45) is 0 Å². The molecule has 0 aliphatic carbocycles. The van der Waals surface area contributed by atoms with Gasteiger partial charge in [-0.2, -0.15) is 5.26 Å². The molecule has 0 atom stereocenters. The molecule has 0 spiro atoms. The second-order valence-electron chi connectivity index (χ2n) is 4.11. The summed E-state index contributed by atoms with van der Waals surface area (Å²) >= 11 is 12.0. The molecule has 2 nitrogen and oxygen atoms in total. The summed E-state index contributed by atoms with van der Waals surface area (Å²) in [6.45, 7) is 4.86. The monoisotopic (exact) mass is 270 g/mol. The Morgan fingerprint density at radius 1 is 1.41 bits per heavy atom. The Kier molecular flexibility index (Phi) is 5.61. The molecule has 17 heavy (non-hydrogen) atoms. The smallest absolute Gasteiger partial charge is 0.0642 e. The number of alkyl halides is 1. The number of nitrogens with zero attached hydrogens (tertiary/aromatic N) is 2. The molecule has 0 aliphatic heterocycles. The molecule has 0 fully saturated rings. The van der Waals surface area contributed by atoms with E-state index in [0.717, 1.165) is 11.3 Å². The Bertz CT molecular complexity index is 410. The number of benzene rings is 1. The van der Waals surface area contributed by atoms with E-state index >= 15 is 0 Å². The van der Waals surface area contributed by atoms with Gasteiger partial charge in [-0.3, -0.25) is 0 Å². The first-order valence-corrected chi connectivity index (χ1v) is 6.49. The largest absolute Gasteiger partial charge is 0.367 e. The lowest BCUT2D eigenvalue weighted by Crippen LogP contribution is -2.31. The quantitative estimate of drug-likeness (QED) is 0.750. The second-order valence-corrected chi connectivity index (χ2v) is 4.79. The number of anilines is 1. The van der Waals surface area contributed by atoms with E-state index in [0.29, 0.717) is 29.9 Å². The first-order chi connectivity index (χ1) is 8.10. The fourth-order valence-electron chi connectivity index (χ4n) is 1.69. The van der Waals surface area contributed by atoms with Crippen LogP contribution in [0.3, 0.4) is 0 Å². The van der Waals surface area contributed by atoms with Gasteiger partial charge in [0.05, 0.1) is 23.2 Å². The van der Waals surface area contributed by atoms with E-state index in [1.165, 1.54) is 0 Å². The minimum atomic E-state index is 0.308. The van der Waals surface area contributed by atoms with Gasteiger partial charge in [0.1, 0.15) is 0 Å². The maximum atomic E-state index is 8.67. The normalized spacial score (nSPS) is 10.4. The Hall–Kier alpha value is -0.910. The van der Waals surface area contributed by atoms with Crippen LogP contribution in [0, 0.1) is 11.3 Å². The van der Waals surface area contributed by atoms with Gasteiger partial charge < -0.3 is 4.90 Å². The predicted octanol–water partition coefficient (Wildman–Crippen LogP) is 4.21. The highest BCUT2D eigenvalue weighted by Gasteiger charge is 2.13. The van der Waals surface area contributed by atoms with Crippen LogP contribution in [-0.2, 0) is 5.88 Å². The summed E-state index contributed by atoms with van der Waals surface area (Å²) in [6, 6.07) is 8.29. The number of hydrogen-bond acceptors (Lipinski definition) is 2. The first-order valence-electron chi connectivity index (χ1n) is 5.58. The van der Waals surface area contributed by atoms with Crippen molar-refractivity contribution in [3.05, 3.63) is 28.8 Å². The molecule has 1 aromatic rings. The van der Waals surface area contributed by atoms with Gasteiger partial charge in [-0.15, -0.1) is 11.6 Å². The minimum absolute atomic E-state index is 0.308. The lowest BCUT2D eigenvalue weighted by molar-refractivity contribution is 0.687. The van der Waals surface area contributed by atoms with Gasteiger partial charge in [0.2, 0.25) is 0 Å². The first kappa shape index (κ1) is 14.2. The zero-order valence-corrected chi connectivity index (χ0v) is 11.6. The minimum Gasteiger partial charge on any atom is -0.367 e. The number of rotatable bonds is 5. The summed E-state index contributed by atoms with van der Waals surface area (Å²) < 4.78 is 0. The second kappa shape index (κ2) is 6.74. The highest BCUT2D eigenvalue weighted by atomic mass is 35.5. The van der Waals surface area contributed by atoms with E-state index in [9.17, 15) is 0 Å². The van der Waals surface area contributed by atoms with E-state index in [1.54, 1.807) is 0 Å². The molecule has 4 heteroatoms. The Morgan fingerprint density at radius 2 is 2.12 bits per heavy atom. The van der Waals surface area contributed by atoms with Crippen LogP contribution in [0.2, 0.25) is 5.02 Å². The van der Waals surface area contributed by atoms with Crippen molar-refractivity contribution < 1.29 is 0 Å². The maximum Gasteiger partial charge on any atom is 0.0642 e. The third-order valence-corrected chi connectivity index (χ3v) is 3.18. The van der Waals surface area contributed by atoms with Crippen LogP contribution in [0.4, 0.5) is 5.69 Å². The van der Waals surface area contributed by atoms with E-state index in [-0.39, 0.29) is 0 Å². The van der Waals surface area contributed by atoms with Crippen LogP contribution in [-0.4, -0.2) is 12.6 Å².